The highest BCUT2D eigenvalue weighted by Crippen LogP contribution is 2.12. The molecule has 3 aromatic rings. The molecule has 0 aliphatic heterocycles. The fraction of sp³-hybridized carbons (Fsp3) is 0.176. The number of anilines is 1. The average Bonchev–Trinajstić information content (AvgIpc) is 2.60. The van der Waals surface area contributed by atoms with Crippen molar-refractivity contribution in [3.8, 4) is 0 Å². The minimum atomic E-state index is -0.601. The number of amides is 1. The molecule has 7 nitrogen and oxygen atoms in total. The van der Waals surface area contributed by atoms with Crippen LogP contribution >= 0.6 is 0 Å². The lowest BCUT2D eigenvalue weighted by molar-refractivity contribution is 0.102. The van der Waals surface area contributed by atoms with Crippen molar-refractivity contribution in [3.05, 3.63) is 68.7 Å². The number of hydrogen-bond donors (Lipinski definition) is 2. The summed E-state index contributed by atoms with van der Waals surface area (Å²) >= 11 is 0. The van der Waals surface area contributed by atoms with E-state index in [0.29, 0.717) is 18.7 Å². The van der Waals surface area contributed by atoms with Crippen LogP contribution in [-0.4, -0.2) is 20.4 Å². The van der Waals surface area contributed by atoms with Crippen molar-refractivity contribution in [2.45, 2.75) is 19.9 Å². The number of aromatic amines is 1. The molecule has 128 valence electrons. The van der Waals surface area contributed by atoms with Crippen molar-refractivity contribution in [3.63, 3.8) is 0 Å². The van der Waals surface area contributed by atoms with Gasteiger partial charge < -0.3 is 5.32 Å². The number of halogens is 1. The van der Waals surface area contributed by atoms with Crippen molar-refractivity contribution in [2.75, 3.05) is 5.32 Å². The minimum absolute atomic E-state index is 0.153. The normalized spacial score (nSPS) is 10.8. The van der Waals surface area contributed by atoms with E-state index in [9.17, 15) is 18.8 Å². The molecule has 8 heteroatoms. The summed E-state index contributed by atoms with van der Waals surface area (Å²) in [6.45, 7) is 2.30. The second-order valence-corrected chi connectivity index (χ2v) is 5.47. The Morgan fingerprint density at radius 2 is 2.00 bits per heavy atom. The first-order valence-electron chi connectivity index (χ1n) is 7.69. The number of nitrogens with one attached hydrogen (secondary N) is 2. The molecule has 0 fully saturated rings. The van der Waals surface area contributed by atoms with E-state index < -0.39 is 23.0 Å². The van der Waals surface area contributed by atoms with Gasteiger partial charge in [0, 0.05) is 18.4 Å². The van der Waals surface area contributed by atoms with Crippen LogP contribution in [0.4, 0.5) is 10.1 Å². The van der Waals surface area contributed by atoms with Crippen LogP contribution in [0.25, 0.3) is 11.0 Å². The summed E-state index contributed by atoms with van der Waals surface area (Å²) in [6, 6.07) is 6.68. The van der Waals surface area contributed by atoms with E-state index in [1.807, 2.05) is 6.92 Å². The molecule has 0 unspecified atom stereocenters. The summed E-state index contributed by atoms with van der Waals surface area (Å²) < 4.78 is 14.3. The van der Waals surface area contributed by atoms with Crippen LogP contribution in [0.1, 0.15) is 23.7 Å². The monoisotopic (exact) mass is 342 g/mol. The molecule has 2 N–H and O–H groups in total. The number of pyridine rings is 1. The van der Waals surface area contributed by atoms with Gasteiger partial charge in [-0.25, -0.2) is 14.2 Å². The summed E-state index contributed by atoms with van der Waals surface area (Å²) in [5.41, 5.74) is -0.332. The largest absolute Gasteiger partial charge is 0.329 e. The number of nitrogens with zero attached hydrogens (tertiary/aromatic N) is 2. The summed E-state index contributed by atoms with van der Waals surface area (Å²) in [4.78, 5) is 42.6. The smallest absolute Gasteiger partial charge is 0.322 e. The first kappa shape index (κ1) is 16.6. The molecule has 0 saturated heterocycles. The number of carbonyl (C=O) groups is 1. The number of hydrogen-bond acceptors (Lipinski definition) is 4. The molecule has 0 spiro atoms. The van der Waals surface area contributed by atoms with Crippen LogP contribution in [-0.2, 0) is 6.54 Å². The molecule has 3 rings (SSSR count). The van der Waals surface area contributed by atoms with E-state index in [1.165, 1.54) is 41.1 Å². The molecule has 1 aromatic carbocycles. The molecule has 0 bridgehead atoms. The first-order chi connectivity index (χ1) is 12.0. The summed E-state index contributed by atoms with van der Waals surface area (Å²) in [6.07, 6.45) is 1.99. The van der Waals surface area contributed by atoms with Crippen LogP contribution in [0.15, 0.2) is 46.1 Å². The molecule has 0 saturated carbocycles. The summed E-state index contributed by atoms with van der Waals surface area (Å²) in [7, 11) is 0. The van der Waals surface area contributed by atoms with E-state index in [2.05, 4.69) is 15.3 Å². The highest BCUT2D eigenvalue weighted by atomic mass is 19.1. The lowest BCUT2D eigenvalue weighted by Gasteiger charge is -2.09. The number of benzene rings is 1. The summed E-state index contributed by atoms with van der Waals surface area (Å²) in [5.74, 6) is -0.903. The molecular formula is C17H15FN4O3. The SMILES string of the molecule is CCCn1c(=O)[nH]c(=O)c2cc(C(=O)Nc3ccc(F)cc3)cnc21. The van der Waals surface area contributed by atoms with Gasteiger partial charge in [0.15, 0.2) is 0 Å². The van der Waals surface area contributed by atoms with E-state index in [4.69, 9.17) is 0 Å². The fourth-order valence-electron chi connectivity index (χ4n) is 2.46. The van der Waals surface area contributed by atoms with Crippen molar-refractivity contribution >= 4 is 22.6 Å². The predicted molar refractivity (Wildman–Crippen MR) is 91.3 cm³/mol. The lowest BCUT2D eigenvalue weighted by atomic mass is 10.2. The third-order valence-corrected chi connectivity index (χ3v) is 3.64. The highest BCUT2D eigenvalue weighted by Gasteiger charge is 2.13. The third-order valence-electron chi connectivity index (χ3n) is 3.64. The van der Waals surface area contributed by atoms with Gasteiger partial charge in [0.2, 0.25) is 0 Å². The van der Waals surface area contributed by atoms with Crippen LogP contribution < -0.4 is 16.6 Å². The number of H-pyrrole nitrogens is 1. The Kier molecular flexibility index (Phi) is 4.42. The van der Waals surface area contributed by atoms with Crippen LogP contribution in [0.5, 0.6) is 0 Å². The molecule has 0 radical (unpaired) electrons. The Hall–Kier alpha value is -3.29. The maximum absolute atomic E-state index is 12.9. The molecule has 0 atom stereocenters. The average molecular weight is 342 g/mol. The molecule has 2 aromatic heterocycles. The van der Waals surface area contributed by atoms with Gasteiger partial charge in [0.05, 0.1) is 10.9 Å². The Bertz CT molecular complexity index is 1050. The number of rotatable bonds is 4. The molecule has 2 heterocycles. The van der Waals surface area contributed by atoms with Gasteiger partial charge >= 0.3 is 5.69 Å². The maximum Gasteiger partial charge on any atom is 0.329 e. The Labute approximate surface area is 141 Å². The molecule has 0 aliphatic rings. The van der Waals surface area contributed by atoms with Gasteiger partial charge in [-0.15, -0.1) is 0 Å². The summed E-state index contributed by atoms with van der Waals surface area (Å²) in [5, 5.41) is 2.75. The van der Waals surface area contributed by atoms with Crippen molar-refractivity contribution in [2.24, 2.45) is 0 Å². The molecule has 1 amide bonds. The minimum Gasteiger partial charge on any atom is -0.322 e. The highest BCUT2D eigenvalue weighted by molar-refractivity contribution is 6.05. The van der Waals surface area contributed by atoms with E-state index >= 15 is 0 Å². The number of aromatic nitrogens is 3. The fourth-order valence-corrected chi connectivity index (χ4v) is 2.46. The van der Waals surface area contributed by atoms with Gasteiger partial charge in [-0.2, -0.15) is 0 Å². The van der Waals surface area contributed by atoms with Gasteiger partial charge in [-0.05, 0) is 36.8 Å². The first-order valence-corrected chi connectivity index (χ1v) is 7.69. The lowest BCUT2D eigenvalue weighted by Crippen LogP contribution is -2.31. The zero-order chi connectivity index (χ0) is 18.0. The van der Waals surface area contributed by atoms with Crippen molar-refractivity contribution in [1.29, 1.82) is 0 Å². The van der Waals surface area contributed by atoms with Gasteiger partial charge in [-0.3, -0.25) is 19.1 Å². The number of aryl methyl sites for hydroxylation is 1. The third kappa shape index (κ3) is 3.32. The van der Waals surface area contributed by atoms with Crippen LogP contribution in [0.3, 0.4) is 0 Å². The number of fused-ring (bicyclic) bond motifs is 1. The number of carbonyl (C=O) groups excluding carboxylic acids is 1. The second-order valence-electron chi connectivity index (χ2n) is 5.47. The Morgan fingerprint density at radius 3 is 2.68 bits per heavy atom. The zero-order valence-electron chi connectivity index (χ0n) is 13.4. The standard InChI is InChI=1S/C17H15FN4O3/c1-2-7-22-14-13(16(24)21-17(22)25)8-10(9-19-14)15(23)20-12-5-3-11(18)4-6-12/h3-6,8-9H,2,7H2,1H3,(H,20,23)(H,21,24,25). The zero-order valence-corrected chi connectivity index (χ0v) is 13.4. The van der Waals surface area contributed by atoms with Gasteiger partial charge in [0.1, 0.15) is 11.5 Å². The van der Waals surface area contributed by atoms with Crippen LogP contribution in [0, 0.1) is 5.82 Å². The topological polar surface area (TPSA) is 96.9 Å². The van der Waals surface area contributed by atoms with Crippen molar-refractivity contribution in [1.82, 2.24) is 14.5 Å². The molecule has 0 aliphatic carbocycles. The molecular weight excluding hydrogens is 327 g/mol. The molecule has 25 heavy (non-hydrogen) atoms. The maximum atomic E-state index is 12.9. The second kappa shape index (κ2) is 6.68. The van der Waals surface area contributed by atoms with Gasteiger partial charge in [0.25, 0.3) is 11.5 Å². The van der Waals surface area contributed by atoms with Gasteiger partial charge in [-0.1, -0.05) is 6.92 Å². The predicted octanol–water partition coefficient (Wildman–Crippen LogP) is 1.89. The van der Waals surface area contributed by atoms with E-state index in [-0.39, 0.29) is 16.6 Å². The van der Waals surface area contributed by atoms with E-state index in [1.54, 1.807) is 0 Å². The Balaban J connectivity index is 2.00. The van der Waals surface area contributed by atoms with Crippen molar-refractivity contribution < 1.29 is 9.18 Å². The van der Waals surface area contributed by atoms with Crippen LogP contribution in [0.2, 0.25) is 0 Å². The Morgan fingerprint density at radius 1 is 1.28 bits per heavy atom. The quantitative estimate of drug-likeness (QED) is 0.756. The van der Waals surface area contributed by atoms with E-state index in [0.717, 1.165) is 0 Å².